The Labute approximate surface area is 372 Å². The molecule has 25 heteroatoms. The van der Waals surface area contributed by atoms with Crippen LogP contribution in [0.5, 0.6) is 57.5 Å². The summed E-state index contributed by atoms with van der Waals surface area (Å²) >= 11 is 0. The summed E-state index contributed by atoms with van der Waals surface area (Å²) in [6, 6.07) is 11.2. The normalized spacial score (nSPS) is 19.8. The number of hydrogen-bond acceptors (Lipinski definition) is 25. The zero-order valence-electron chi connectivity index (χ0n) is 33.9. The fourth-order valence-electron chi connectivity index (χ4n) is 6.27. The highest BCUT2D eigenvalue weighted by Crippen LogP contribution is 2.40. The molecule has 18 N–H and O–H groups in total. The molecule has 0 spiro atoms. The molecule has 7 rings (SSSR count). The first-order chi connectivity index (χ1) is 31.5. The number of phenolic OH excluding ortho intramolecular Hbond substituents is 7. The zero-order chi connectivity index (χ0) is 49.8. The molecule has 9 atom stereocenters. The van der Waals surface area contributed by atoms with Gasteiger partial charge >= 0.3 is 0 Å². The predicted octanol–water partition coefficient (Wildman–Crippen LogP) is -1.93. The van der Waals surface area contributed by atoms with Crippen LogP contribution >= 0.6 is 0 Å². The molecule has 1 aliphatic rings. The number of ether oxygens (including phenoxy) is 2. The lowest BCUT2D eigenvalue weighted by Gasteiger charge is -2.39. The van der Waals surface area contributed by atoms with E-state index in [0.29, 0.717) is 0 Å². The van der Waals surface area contributed by atoms with E-state index in [1.807, 2.05) is 0 Å². The minimum Gasteiger partial charge on any atom is -0.508 e. The fourth-order valence-corrected chi connectivity index (χ4v) is 6.27. The molecule has 360 valence electrons. The molecule has 1 aliphatic heterocycles. The molecule has 3 heterocycles. The summed E-state index contributed by atoms with van der Waals surface area (Å²) in [7, 11) is 0. The Morgan fingerprint density at radius 3 is 1.52 bits per heavy atom. The number of rotatable bonds is 10. The van der Waals surface area contributed by atoms with Gasteiger partial charge in [-0.25, -0.2) is 0 Å². The monoisotopic (exact) mass is 946 g/mol. The average Bonchev–Trinajstić information content (AvgIpc) is 3.29. The van der Waals surface area contributed by atoms with Crippen LogP contribution in [-0.4, -0.2) is 167 Å². The third-order valence-electron chi connectivity index (χ3n) is 9.84. The molecule has 1 fully saturated rings. The topological polar surface area (TPSA) is 460 Å². The maximum absolute atomic E-state index is 12.5. The summed E-state index contributed by atoms with van der Waals surface area (Å²) in [6.45, 7) is -1.43. The van der Waals surface area contributed by atoms with Crippen molar-refractivity contribution >= 4 is 28.2 Å². The molecular formula is C42H42O25. The molecule has 0 bridgehead atoms. The van der Waals surface area contributed by atoms with E-state index in [2.05, 4.69) is 0 Å². The summed E-state index contributed by atoms with van der Waals surface area (Å²) in [5.74, 6) is -5.68. The van der Waals surface area contributed by atoms with Crippen molar-refractivity contribution in [2.24, 2.45) is 0 Å². The Bertz CT molecular complexity index is 2860. The summed E-state index contributed by atoms with van der Waals surface area (Å²) < 4.78 is 21.4. The van der Waals surface area contributed by atoms with Gasteiger partial charge in [0.25, 0.3) is 0 Å². The quantitative estimate of drug-likeness (QED) is 0.0525. The molecular weight excluding hydrogens is 904 g/mol. The first kappa shape index (κ1) is 50.6. The molecule has 0 aliphatic carbocycles. The largest absolute Gasteiger partial charge is 0.508 e. The Balaban J connectivity index is 0.000000212. The van der Waals surface area contributed by atoms with Gasteiger partial charge in [-0.05, 0) is 36.4 Å². The van der Waals surface area contributed by atoms with Crippen LogP contribution in [-0.2, 0) is 9.53 Å². The molecule has 25 nitrogen and oxygen atoms in total. The fraction of sp³-hybridized carbons (Fsp3) is 0.262. The van der Waals surface area contributed by atoms with Gasteiger partial charge in [-0.15, -0.1) is 0 Å². The molecule has 0 amide bonds. The van der Waals surface area contributed by atoms with Crippen molar-refractivity contribution in [3.8, 4) is 80.1 Å². The number of aldehydes is 1. The van der Waals surface area contributed by atoms with Crippen LogP contribution in [0.2, 0.25) is 0 Å². The van der Waals surface area contributed by atoms with Gasteiger partial charge < -0.3 is 115 Å². The lowest BCUT2D eigenvalue weighted by molar-refractivity contribution is -0.277. The van der Waals surface area contributed by atoms with Gasteiger partial charge in [-0.3, -0.25) is 9.59 Å². The third kappa shape index (κ3) is 10.7. The molecule has 0 saturated carbocycles. The van der Waals surface area contributed by atoms with Crippen molar-refractivity contribution in [1.82, 2.24) is 0 Å². The van der Waals surface area contributed by atoms with E-state index >= 15 is 0 Å². The SMILES string of the molecule is O=C[C@H](O)[C@@H](O)[C@H](O)[C@H](O)CO.O=c1c(O)c(-c2ccc(O)c(O)c2)oc2cc(O)cc(O)c12.O=c1c(O)c(-c2ccc(O[C@@H]3O[C@H](CO)[C@@H](O)[C@H](O)[C@H]3O)c(O)c2)oc2cc(O)cc(O)c12. The van der Waals surface area contributed by atoms with Crippen molar-refractivity contribution in [3.05, 3.63) is 81.1 Å². The molecule has 67 heavy (non-hydrogen) atoms. The van der Waals surface area contributed by atoms with Crippen molar-refractivity contribution in [2.75, 3.05) is 13.2 Å². The highest BCUT2D eigenvalue weighted by Gasteiger charge is 2.45. The maximum atomic E-state index is 12.5. The smallest absolute Gasteiger partial charge is 0.238 e. The molecule has 0 unspecified atom stereocenters. The van der Waals surface area contributed by atoms with Crippen molar-refractivity contribution in [3.63, 3.8) is 0 Å². The van der Waals surface area contributed by atoms with Crippen LogP contribution in [0.25, 0.3) is 44.6 Å². The number of fused-ring (bicyclic) bond motifs is 2. The molecule has 0 radical (unpaired) electrons. The van der Waals surface area contributed by atoms with Crippen molar-refractivity contribution < 1.29 is 115 Å². The Morgan fingerprint density at radius 2 is 1.07 bits per heavy atom. The summed E-state index contributed by atoms with van der Waals surface area (Å²) in [4.78, 5) is 34.5. The van der Waals surface area contributed by atoms with E-state index in [1.165, 1.54) is 18.2 Å². The van der Waals surface area contributed by atoms with E-state index in [1.54, 1.807) is 0 Å². The second kappa shape index (κ2) is 20.8. The van der Waals surface area contributed by atoms with Crippen LogP contribution in [0.3, 0.4) is 0 Å². The number of aliphatic hydroxyl groups is 9. The highest BCUT2D eigenvalue weighted by atomic mass is 16.7. The summed E-state index contributed by atoms with van der Waals surface area (Å²) in [5.41, 5.74) is -2.05. The van der Waals surface area contributed by atoms with Crippen LogP contribution < -0.4 is 15.6 Å². The van der Waals surface area contributed by atoms with E-state index in [-0.39, 0.29) is 73.9 Å². The molecule has 4 aromatic carbocycles. The van der Waals surface area contributed by atoms with Gasteiger partial charge in [0.15, 0.2) is 40.8 Å². The lowest BCUT2D eigenvalue weighted by atomic mass is 9.99. The second-order valence-electron chi connectivity index (χ2n) is 14.5. The van der Waals surface area contributed by atoms with E-state index < -0.39 is 114 Å². The van der Waals surface area contributed by atoms with Gasteiger partial charge in [-0.2, -0.15) is 0 Å². The standard InChI is InChI=1S/C21H20O12.C15H10O7.C6H12O6/c22-6-13-15(26)17(28)19(30)21(33-13)32-11-2-1-7(3-9(11)24)20-18(29)16(27)14-10(25)4-8(23)5-12(14)31-20;16-7-4-10(19)12-11(5-7)22-15(14(21)13(12)20)6-1-2-8(17)9(18)3-6;7-1-3(9)5(11)6(12)4(10)2-8/h1-5,13,15,17,19,21-26,28-30H,6H2;1-5,16-19,21H;1,3-6,8-12H,2H2/t13-,15-,17+,19-,21-;;3-,4+,5+,6+/m1.0/s1. The summed E-state index contributed by atoms with van der Waals surface area (Å²) in [5, 5.41) is 170. The first-order valence-corrected chi connectivity index (χ1v) is 19.1. The van der Waals surface area contributed by atoms with Crippen LogP contribution in [0, 0.1) is 0 Å². The number of carbonyl (C=O) groups is 1. The number of hydrogen-bond donors (Lipinski definition) is 18. The van der Waals surface area contributed by atoms with E-state index in [9.17, 15) is 80.8 Å². The van der Waals surface area contributed by atoms with Gasteiger partial charge in [0.2, 0.25) is 28.6 Å². The summed E-state index contributed by atoms with van der Waals surface area (Å²) in [6.07, 6.45) is -14.6. The Morgan fingerprint density at radius 1 is 0.582 bits per heavy atom. The van der Waals surface area contributed by atoms with E-state index in [4.69, 9.17) is 43.8 Å². The van der Waals surface area contributed by atoms with Crippen molar-refractivity contribution in [1.29, 1.82) is 0 Å². The Hall–Kier alpha value is -7.43. The molecule has 2 aromatic heterocycles. The average molecular weight is 947 g/mol. The third-order valence-corrected chi connectivity index (χ3v) is 9.84. The molecule has 1 saturated heterocycles. The van der Waals surface area contributed by atoms with Crippen LogP contribution in [0.1, 0.15) is 0 Å². The number of benzene rings is 4. The van der Waals surface area contributed by atoms with Gasteiger partial charge in [-0.1, -0.05) is 0 Å². The second-order valence-corrected chi connectivity index (χ2v) is 14.5. The van der Waals surface area contributed by atoms with Gasteiger partial charge in [0.05, 0.1) is 13.2 Å². The van der Waals surface area contributed by atoms with E-state index in [0.717, 1.165) is 42.5 Å². The van der Waals surface area contributed by atoms with Crippen LogP contribution in [0.15, 0.2) is 79.1 Å². The zero-order valence-corrected chi connectivity index (χ0v) is 33.9. The molecule has 6 aromatic rings. The van der Waals surface area contributed by atoms with Gasteiger partial charge in [0, 0.05) is 35.4 Å². The highest BCUT2D eigenvalue weighted by molar-refractivity contribution is 5.89. The number of aromatic hydroxyl groups is 9. The maximum Gasteiger partial charge on any atom is 0.238 e. The minimum atomic E-state index is -1.79. The minimum absolute atomic E-state index is 0.0213. The predicted molar refractivity (Wildman–Crippen MR) is 222 cm³/mol. The first-order valence-electron chi connectivity index (χ1n) is 19.1. The number of phenols is 7. The van der Waals surface area contributed by atoms with Crippen LogP contribution in [0.4, 0.5) is 0 Å². The lowest BCUT2D eigenvalue weighted by Crippen LogP contribution is -2.60. The van der Waals surface area contributed by atoms with Crippen molar-refractivity contribution in [2.45, 2.75) is 55.1 Å². The Kier molecular flexibility index (Phi) is 15.7. The number of carbonyl (C=O) groups excluding carboxylic acids is 1. The van der Waals surface area contributed by atoms with Gasteiger partial charge in [0.1, 0.15) is 93.8 Å². The number of aliphatic hydroxyl groups excluding tert-OH is 9.